The Morgan fingerprint density at radius 3 is 2.71 bits per heavy atom. The fourth-order valence-electron chi connectivity index (χ4n) is 2.54. The van der Waals surface area contributed by atoms with Crippen LogP contribution in [0.25, 0.3) is 0 Å². The minimum Gasteiger partial charge on any atom is -0.352 e. The zero-order valence-corrected chi connectivity index (χ0v) is 16.6. The quantitative estimate of drug-likeness (QED) is 0.683. The SMILES string of the molecule is CNCCCNC(=O)c1c(C)nn(Cc2cccc(Br)c2)c1C.Cl. The van der Waals surface area contributed by atoms with Crippen LogP contribution in [0.15, 0.2) is 28.7 Å². The molecule has 0 saturated carbocycles. The summed E-state index contributed by atoms with van der Waals surface area (Å²) in [6, 6.07) is 8.11. The second kappa shape index (κ2) is 9.81. The van der Waals surface area contributed by atoms with Crippen LogP contribution < -0.4 is 10.6 Å². The van der Waals surface area contributed by atoms with Crippen molar-refractivity contribution in [3.8, 4) is 0 Å². The lowest BCUT2D eigenvalue weighted by molar-refractivity contribution is 0.0952. The highest BCUT2D eigenvalue weighted by Crippen LogP contribution is 2.17. The van der Waals surface area contributed by atoms with Crippen molar-refractivity contribution in [2.75, 3.05) is 20.1 Å². The first-order chi connectivity index (χ1) is 11.0. The molecule has 0 aliphatic rings. The summed E-state index contributed by atoms with van der Waals surface area (Å²) in [7, 11) is 1.90. The zero-order chi connectivity index (χ0) is 16.8. The highest BCUT2D eigenvalue weighted by atomic mass is 79.9. The van der Waals surface area contributed by atoms with E-state index in [1.165, 1.54) is 0 Å². The van der Waals surface area contributed by atoms with Gasteiger partial charge in [-0.15, -0.1) is 12.4 Å². The number of nitrogens with zero attached hydrogens (tertiary/aromatic N) is 2. The second-order valence-electron chi connectivity index (χ2n) is 5.55. The Kier molecular flexibility index (Phi) is 8.45. The lowest BCUT2D eigenvalue weighted by Gasteiger charge is -2.07. The first-order valence-electron chi connectivity index (χ1n) is 7.74. The predicted octanol–water partition coefficient (Wildman–Crippen LogP) is 3.07. The summed E-state index contributed by atoms with van der Waals surface area (Å²) < 4.78 is 2.93. The monoisotopic (exact) mass is 414 g/mol. The largest absolute Gasteiger partial charge is 0.352 e. The molecule has 0 bridgehead atoms. The van der Waals surface area contributed by atoms with Crippen LogP contribution in [-0.2, 0) is 6.54 Å². The highest BCUT2D eigenvalue weighted by Gasteiger charge is 2.18. The van der Waals surface area contributed by atoms with Gasteiger partial charge in [0.2, 0.25) is 0 Å². The number of aryl methyl sites for hydroxylation is 1. The van der Waals surface area contributed by atoms with E-state index in [0.717, 1.165) is 34.4 Å². The molecule has 0 fully saturated rings. The third-order valence-corrected chi connectivity index (χ3v) is 4.21. The molecular formula is C17H24BrClN4O. The Bertz CT molecular complexity index is 687. The number of hydrogen-bond acceptors (Lipinski definition) is 3. The molecule has 5 nitrogen and oxygen atoms in total. The van der Waals surface area contributed by atoms with E-state index in [2.05, 4.69) is 43.8 Å². The summed E-state index contributed by atoms with van der Waals surface area (Å²) in [6.45, 7) is 6.03. The van der Waals surface area contributed by atoms with Crippen LogP contribution in [-0.4, -0.2) is 35.8 Å². The van der Waals surface area contributed by atoms with Crippen molar-refractivity contribution in [3.63, 3.8) is 0 Å². The van der Waals surface area contributed by atoms with Crippen molar-refractivity contribution in [1.82, 2.24) is 20.4 Å². The predicted molar refractivity (Wildman–Crippen MR) is 103 cm³/mol. The van der Waals surface area contributed by atoms with Crippen LogP contribution in [0.2, 0.25) is 0 Å². The molecule has 2 aromatic rings. The normalized spacial score (nSPS) is 10.3. The van der Waals surface area contributed by atoms with Crippen LogP contribution in [0.5, 0.6) is 0 Å². The third-order valence-electron chi connectivity index (χ3n) is 3.72. The van der Waals surface area contributed by atoms with Gasteiger partial charge in [0.15, 0.2) is 0 Å². The number of aromatic nitrogens is 2. The average Bonchev–Trinajstić information content (AvgIpc) is 2.78. The molecule has 7 heteroatoms. The van der Waals surface area contributed by atoms with Crippen molar-refractivity contribution in [3.05, 3.63) is 51.3 Å². The number of nitrogens with one attached hydrogen (secondary N) is 2. The highest BCUT2D eigenvalue weighted by molar-refractivity contribution is 9.10. The smallest absolute Gasteiger partial charge is 0.255 e. The van der Waals surface area contributed by atoms with Gasteiger partial charge in [-0.25, -0.2) is 0 Å². The van der Waals surface area contributed by atoms with Gasteiger partial charge >= 0.3 is 0 Å². The van der Waals surface area contributed by atoms with Gasteiger partial charge in [0, 0.05) is 16.7 Å². The van der Waals surface area contributed by atoms with Gasteiger partial charge in [-0.2, -0.15) is 5.10 Å². The van der Waals surface area contributed by atoms with E-state index in [1.807, 2.05) is 37.7 Å². The van der Waals surface area contributed by atoms with E-state index in [4.69, 9.17) is 0 Å². The lowest BCUT2D eigenvalue weighted by atomic mass is 10.1. The topological polar surface area (TPSA) is 58.9 Å². The number of carbonyl (C=O) groups is 1. The Hall–Kier alpha value is -1.37. The number of carbonyl (C=O) groups excluding carboxylic acids is 1. The summed E-state index contributed by atoms with van der Waals surface area (Å²) in [5, 5.41) is 10.6. The maximum Gasteiger partial charge on any atom is 0.255 e. The van der Waals surface area contributed by atoms with Gasteiger partial charge in [-0.05, 0) is 51.6 Å². The van der Waals surface area contributed by atoms with Gasteiger partial charge in [0.1, 0.15) is 0 Å². The zero-order valence-electron chi connectivity index (χ0n) is 14.2. The third kappa shape index (κ3) is 5.33. The lowest BCUT2D eigenvalue weighted by Crippen LogP contribution is -2.27. The van der Waals surface area contributed by atoms with Crippen LogP contribution in [0.3, 0.4) is 0 Å². The van der Waals surface area contributed by atoms with Crippen molar-refractivity contribution in [1.29, 1.82) is 0 Å². The number of rotatable bonds is 7. The van der Waals surface area contributed by atoms with Gasteiger partial charge in [-0.3, -0.25) is 9.48 Å². The van der Waals surface area contributed by atoms with Gasteiger partial charge in [0.25, 0.3) is 5.91 Å². The van der Waals surface area contributed by atoms with Crippen molar-refractivity contribution >= 4 is 34.2 Å². The summed E-state index contributed by atoms with van der Waals surface area (Å²) in [5.74, 6) is -0.0448. The van der Waals surface area contributed by atoms with E-state index >= 15 is 0 Å². The molecule has 0 unspecified atom stereocenters. The van der Waals surface area contributed by atoms with Crippen LogP contribution in [0, 0.1) is 13.8 Å². The molecule has 1 aromatic carbocycles. The minimum absolute atomic E-state index is 0. The summed E-state index contributed by atoms with van der Waals surface area (Å²) >= 11 is 3.48. The molecule has 2 rings (SSSR count). The standard InChI is InChI=1S/C17H23BrN4O.ClH/c1-12-16(17(23)20-9-5-8-19-3)13(2)22(21-12)11-14-6-4-7-15(18)10-14;/h4,6-7,10,19H,5,8-9,11H2,1-3H3,(H,20,23);1H. The fourth-order valence-corrected chi connectivity index (χ4v) is 2.99. The molecular weight excluding hydrogens is 392 g/mol. The Labute approximate surface area is 157 Å². The molecule has 2 N–H and O–H groups in total. The summed E-state index contributed by atoms with van der Waals surface area (Å²) in [6.07, 6.45) is 0.909. The van der Waals surface area contributed by atoms with Gasteiger partial charge < -0.3 is 10.6 Å². The molecule has 0 radical (unpaired) electrons. The van der Waals surface area contributed by atoms with E-state index in [0.29, 0.717) is 18.7 Å². The molecule has 1 heterocycles. The molecule has 24 heavy (non-hydrogen) atoms. The molecule has 1 aromatic heterocycles. The van der Waals surface area contributed by atoms with Crippen LogP contribution >= 0.6 is 28.3 Å². The number of amides is 1. The molecule has 1 amide bonds. The molecule has 0 atom stereocenters. The summed E-state index contributed by atoms with van der Waals surface area (Å²) in [5.41, 5.74) is 3.49. The first-order valence-corrected chi connectivity index (χ1v) is 8.53. The van der Waals surface area contributed by atoms with E-state index in [1.54, 1.807) is 0 Å². The minimum atomic E-state index is -0.0448. The van der Waals surface area contributed by atoms with Crippen molar-refractivity contribution in [2.24, 2.45) is 0 Å². The van der Waals surface area contributed by atoms with Crippen LogP contribution in [0.1, 0.15) is 33.7 Å². The first kappa shape index (κ1) is 20.7. The molecule has 0 spiro atoms. The van der Waals surface area contributed by atoms with Crippen molar-refractivity contribution < 1.29 is 4.79 Å². The van der Waals surface area contributed by atoms with E-state index in [9.17, 15) is 4.79 Å². The Morgan fingerprint density at radius 2 is 2.04 bits per heavy atom. The van der Waals surface area contributed by atoms with Crippen LogP contribution in [0.4, 0.5) is 0 Å². The number of halogens is 2. The number of benzene rings is 1. The average molecular weight is 416 g/mol. The molecule has 0 aliphatic carbocycles. The number of hydrogen-bond donors (Lipinski definition) is 2. The second-order valence-corrected chi connectivity index (χ2v) is 6.46. The van der Waals surface area contributed by atoms with Gasteiger partial charge in [0.05, 0.1) is 17.8 Å². The molecule has 0 saturated heterocycles. The maximum atomic E-state index is 12.4. The maximum absolute atomic E-state index is 12.4. The van der Waals surface area contributed by atoms with E-state index in [-0.39, 0.29) is 18.3 Å². The Morgan fingerprint density at radius 1 is 1.29 bits per heavy atom. The Balaban J connectivity index is 0.00000288. The fraction of sp³-hybridized carbons (Fsp3) is 0.412. The van der Waals surface area contributed by atoms with Gasteiger partial charge in [-0.1, -0.05) is 28.1 Å². The molecule has 132 valence electrons. The van der Waals surface area contributed by atoms with Crippen molar-refractivity contribution in [2.45, 2.75) is 26.8 Å². The molecule has 0 aliphatic heterocycles. The summed E-state index contributed by atoms with van der Waals surface area (Å²) in [4.78, 5) is 12.4. The van der Waals surface area contributed by atoms with E-state index < -0.39 is 0 Å².